The Morgan fingerprint density at radius 3 is 2.10 bits per heavy atom. The number of rotatable bonds is 4. The van der Waals surface area contributed by atoms with Gasteiger partial charge < -0.3 is 14.7 Å². The molecule has 0 bridgehead atoms. The molecule has 2 unspecified atom stereocenters. The summed E-state index contributed by atoms with van der Waals surface area (Å²) in [4.78, 5) is 41.8. The molecular formula is C23H36N2O5. The summed E-state index contributed by atoms with van der Waals surface area (Å²) in [6, 6.07) is -1.16. The number of amides is 2. The highest BCUT2D eigenvalue weighted by atomic mass is 16.6. The van der Waals surface area contributed by atoms with Crippen LogP contribution in [0.3, 0.4) is 0 Å². The van der Waals surface area contributed by atoms with E-state index in [4.69, 9.17) is 4.74 Å². The van der Waals surface area contributed by atoms with Crippen LogP contribution >= 0.6 is 0 Å². The van der Waals surface area contributed by atoms with Crippen LogP contribution in [0.1, 0.15) is 60.8 Å². The average molecular weight is 421 g/mol. The zero-order valence-electron chi connectivity index (χ0n) is 19.1. The number of carboxylic acid groups (broad SMARTS) is 1. The number of nitrogens with zero attached hydrogens (tertiary/aromatic N) is 2. The largest absolute Gasteiger partial charge is 0.465 e. The van der Waals surface area contributed by atoms with Gasteiger partial charge in [0.2, 0.25) is 0 Å². The molecule has 0 aromatic carbocycles. The number of esters is 1. The maximum Gasteiger partial charge on any atom is 0.408 e. The number of hydrogen-bond donors (Lipinski definition) is 1. The van der Waals surface area contributed by atoms with Crippen LogP contribution in [0.5, 0.6) is 0 Å². The van der Waals surface area contributed by atoms with E-state index < -0.39 is 35.2 Å². The molecule has 1 N–H and O–H groups in total. The van der Waals surface area contributed by atoms with Crippen LogP contribution in [0.15, 0.2) is 25.3 Å². The van der Waals surface area contributed by atoms with Crippen LogP contribution < -0.4 is 0 Å². The van der Waals surface area contributed by atoms with Gasteiger partial charge in [-0.3, -0.25) is 9.69 Å². The number of hydrogen-bond acceptors (Lipinski definition) is 4. The first kappa shape index (κ1) is 24.0. The Morgan fingerprint density at radius 2 is 1.67 bits per heavy atom. The first-order valence-corrected chi connectivity index (χ1v) is 10.5. The number of carbonyl (C=O) groups is 3. The van der Waals surface area contributed by atoms with Crippen molar-refractivity contribution in [2.45, 2.75) is 84.0 Å². The summed E-state index contributed by atoms with van der Waals surface area (Å²) in [6.45, 7) is 19.3. The molecule has 7 nitrogen and oxygen atoms in total. The summed E-state index contributed by atoms with van der Waals surface area (Å²) in [5.74, 6) is -1.18. The second-order valence-electron chi connectivity index (χ2n) is 10.3. The third-order valence-corrected chi connectivity index (χ3v) is 6.16. The van der Waals surface area contributed by atoms with Gasteiger partial charge in [0, 0.05) is 12.5 Å². The molecule has 2 amide bonds. The quantitative estimate of drug-likeness (QED) is 0.551. The second kappa shape index (κ2) is 8.08. The molecule has 0 aliphatic carbocycles. The molecular weight excluding hydrogens is 384 g/mol. The molecule has 168 valence electrons. The monoisotopic (exact) mass is 420 g/mol. The zero-order chi connectivity index (χ0) is 23.1. The van der Waals surface area contributed by atoms with E-state index in [2.05, 4.69) is 13.2 Å². The topological polar surface area (TPSA) is 87.2 Å². The Bertz CT molecular complexity index is 733. The smallest absolute Gasteiger partial charge is 0.408 e. The zero-order valence-corrected chi connectivity index (χ0v) is 19.1. The van der Waals surface area contributed by atoms with Gasteiger partial charge in [-0.25, -0.2) is 9.59 Å². The minimum atomic E-state index is -1.45. The fourth-order valence-electron chi connectivity index (χ4n) is 4.97. The average Bonchev–Trinajstić information content (AvgIpc) is 3.21. The molecule has 4 atom stereocenters. The third kappa shape index (κ3) is 4.12. The van der Waals surface area contributed by atoms with E-state index in [9.17, 15) is 19.5 Å². The summed E-state index contributed by atoms with van der Waals surface area (Å²) in [5, 5.41) is 9.90. The van der Waals surface area contributed by atoms with E-state index in [1.54, 1.807) is 26.8 Å². The molecule has 30 heavy (non-hydrogen) atoms. The molecule has 2 rings (SSSR count). The number of ether oxygens (including phenoxy) is 1. The third-order valence-electron chi connectivity index (χ3n) is 6.16. The van der Waals surface area contributed by atoms with Crippen LogP contribution in [-0.2, 0) is 14.3 Å². The van der Waals surface area contributed by atoms with E-state index >= 15 is 0 Å². The summed E-state index contributed by atoms with van der Waals surface area (Å²) in [7, 11) is 0. The molecule has 0 aromatic heterocycles. The van der Waals surface area contributed by atoms with Gasteiger partial charge in [-0.1, -0.05) is 32.9 Å². The predicted molar refractivity (Wildman–Crippen MR) is 115 cm³/mol. The fraction of sp³-hybridized carbons (Fsp3) is 0.696. The summed E-state index contributed by atoms with van der Waals surface area (Å²) >= 11 is 0. The van der Waals surface area contributed by atoms with E-state index in [1.165, 1.54) is 15.9 Å². The van der Waals surface area contributed by atoms with Crippen molar-refractivity contribution in [2.24, 2.45) is 11.3 Å². The molecule has 2 aliphatic rings. The normalized spacial score (nSPS) is 29.6. The lowest BCUT2D eigenvalue weighted by Crippen LogP contribution is -2.64. The molecule has 2 saturated heterocycles. The SMILES string of the molecule is C=C[C@@H]1CCC(C(=O)OC(C)(C)C)N1C(=O)[C@@]1(C=C)C(C(C)(C)C)CCN1C(=O)O. The van der Waals surface area contributed by atoms with Crippen molar-refractivity contribution in [1.29, 1.82) is 0 Å². The minimum absolute atomic E-state index is 0.235. The highest BCUT2D eigenvalue weighted by Gasteiger charge is 2.61. The van der Waals surface area contributed by atoms with Gasteiger partial charge in [-0.2, -0.15) is 0 Å². The maximum atomic E-state index is 14.1. The maximum absolute atomic E-state index is 14.1. The summed E-state index contributed by atoms with van der Waals surface area (Å²) in [5.41, 5.74) is -2.49. The van der Waals surface area contributed by atoms with Gasteiger partial charge in [0.05, 0.1) is 6.04 Å². The molecule has 0 spiro atoms. The lowest BCUT2D eigenvalue weighted by atomic mass is 9.68. The van der Waals surface area contributed by atoms with Crippen molar-refractivity contribution in [3.8, 4) is 0 Å². The van der Waals surface area contributed by atoms with E-state index in [0.717, 1.165) is 0 Å². The Balaban J connectivity index is 2.57. The fourth-order valence-corrected chi connectivity index (χ4v) is 4.97. The van der Waals surface area contributed by atoms with Gasteiger partial charge in [0.1, 0.15) is 17.2 Å². The highest BCUT2D eigenvalue weighted by molar-refractivity contribution is 5.96. The summed E-state index contributed by atoms with van der Waals surface area (Å²) in [6.07, 6.45) is 3.48. The Labute approximate surface area is 179 Å². The minimum Gasteiger partial charge on any atom is -0.465 e. The molecule has 0 aromatic rings. The molecule has 7 heteroatoms. The number of carbonyl (C=O) groups excluding carboxylic acids is 2. The van der Waals surface area contributed by atoms with Crippen LogP contribution in [0, 0.1) is 11.3 Å². The van der Waals surface area contributed by atoms with Crippen LogP contribution in [0.25, 0.3) is 0 Å². The van der Waals surface area contributed by atoms with Crippen molar-refractivity contribution in [2.75, 3.05) is 6.54 Å². The first-order chi connectivity index (χ1) is 13.7. The molecule has 2 heterocycles. The van der Waals surface area contributed by atoms with Crippen molar-refractivity contribution < 1.29 is 24.2 Å². The standard InChI is InChI=1S/C23H36N2O5/c1-9-15-11-12-16(18(26)30-22(6,7)8)25(15)19(27)23(10-2)17(21(3,4)5)13-14-24(23)20(28)29/h9-10,15-17H,1-2,11-14H2,3-8H3,(H,28,29)/t15-,16?,17?,23-/m1/s1. The van der Waals surface area contributed by atoms with Gasteiger partial charge in [0.25, 0.3) is 5.91 Å². The Kier molecular flexibility index (Phi) is 6.45. The molecule has 2 aliphatic heterocycles. The number of likely N-dealkylation sites (tertiary alicyclic amines) is 2. The predicted octanol–water partition coefficient (Wildman–Crippen LogP) is 3.84. The lowest BCUT2D eigenvalue weighted by Gasteiger charge is -2.46. The van der Waals surface area contributed by atoms with Crippen molar-refractivity contribution in [3.63, 3.8) is 0 Å². The lowest BCUT2D eigenvalue weighted by molar-refractivity contribution is -0.166. The summed E-state index contributed by atoms with van der Waals surface area (Å²) < 4.78 is 5.57. The van der Waals surface area contributed by atoms with Crippen molar-refractivity contribution in [3.05, 3.63) is 25.3 Å². The van der Waals surface area contributed by atoms with Gasteiger partial charge in [0.15, 0.2) is 0 Å². The molecule has 0 radical (unpaired) electrons. The second-order valence-corrected chi connectivity index (χ2v) is 10.3. The van der Waals surface area contributed by atoms with Gasteiger partial charge >= 0.3 is 12.1 Å². The van der Waals surface area contributed by atoms with Gasteiger partial charge in [-0.15, -0.1) is 13.2 Å². The Morgan fingerprint density at radius 1 is 1.07 bits per heavy atom. The van der Waals surface area contributed by atoms with E-state index in [-0.39, 0.29) is 23.9 Å². The van der Waals surface area contributed by atoms with Gasteiger partial charge in [-0.05, 0) is 45.4 Å². The Hall–Kier alpha value is -2.31. The molecule has 0 saturated carbocycles. The van der Waals surface area contributed by atoms with Crippen LogP contribution in [0.2, 0.25) is 0 Å². The first-order valence-electron chi connectivity index (χ1n) is 10.5. The van der Waals surface area contributed by atoms with Crippen LogP contribution in [0.4, 0.5) is 4.79 Å². The molecule has 2 fully saturated rings. The van der Waals surface area contributed by atoms with E-state index in [1.807, 2.05) is 20.8 Å². The van der Waals surface area contributed by atoms with Crippen molar-refractivity contribution in [1.82, 2.24) is 9.80 Å². The van der Waals surface area contributed by atoms with Crippen LogP contribution in [-0.4, -0.2) is 62.6 Å². The highest BCUT2D eigenvalue weighted by Crippen LogP contribution is 2.48. The van der Waals surface area contributed by atoms with Crippen molar-refractivity contribution >= 4 is 18.0 Å². The van der Waals surface area contributed by atoms with E-state index in [0.29, 0.717) is 19.3 Å².